The van der Waals surface area contributed by atoms with Gasteiger partial charge in [-0.2, -0.15) is 5.10 Å². The second-order valence-corrected chi connectivity index (χ2v) is 3.31. The number of hydrogen-bond donors (Lipinski definition) is 1. The van der Waals surface area contributed by atoms with Crippen LogP contribution in [0.3, 0.4) is 0 Å². The van der Waals surface area contributed by atoms with E-state index in [1.165, 1.54) is 6.92 Å². The Balaban J connectivity index is 2.78. The lowest BCUT2D eigenvalue weighted by molar-refractivity contribution is -0.118. The van der Waals surface area contributed by atoms with Crippen molar-refractivity contribution in [2.75, 3.05) is 0 Å². The monoisotopic (exact) mass is 210 g/mol. The van der Waals surface area contributed by atoms with E-state index in [9.17, 15) is 4.79 Å². The molecule has 14 heavy (non-hydrogen) atoms. The average molecular weight is 211 g/mol. The van der Waals surface area contributed by atoms with Crippen molar-refractivity contribution in [3.8, 4) is 0 Å². The van der Waals surface area contributed by atoms with E-state index in [1.54, 1.807) is 12.1 Å². The predicted octanol–water partition coefficient (Wildman–Crippen LogP) is 2.20. The molecule has 0 atom stereocenters. The molecular weight excluding hydrogens is 200 g/mol. The molecule has 0 aliphatic heterocycles. The Morgan fingerprint density at radius 2 is 1.86 bits per heavy atom. The summed E-state index contributed by atoms with van der Waals surface area (Å²) in [5, 5.41) is 4.58. The van der Waals surface area contributed by atoms with Crippen LogP contribution in [0.2, 0.25) is 5.02 Å². The summed E-state index contributed by atoms with van der Waals surface area (Å²) in [6.45, 7) is 3.23. The van der Waals surface area contributed by atoms with Gasteiger partial charge in [0.1, 0.15) is 0 Å². The highest BCUT2D eigenvalue weighted by Gasteiger charge is 1.97. The summed E-state index contributed by atoms with van der Waals surface area (Å²) >= 11 is 5.73. The SMILES string of the molecule is CC(=O)NN=C(C)c1ccc(Cl)cc1. The van der Waals surface area contributed by atoms with Gasteiger partial charge in [-0.3, -0.25) is 4.79 Å². The first-order valence-corrected chi connectivity index (χ1v) is 4.54. The van der Waals surface area contributed by atoms with Crippen molar-refractivity contribution in [3.05, 3.63) is 34.9 Å². The molecule has 0 saturated carbocycles. The van der Waals surface area contributed by atoms with Crippen molar-refractivity contribution in [1.82, 2.24) is 5.43 Å². The second kappa shape index (κ2) is 4.77. The summed E-state index contributed by atoms with van der Waals surface area (Å²) in [4.78, 5) is 10.6. The van der Waals surface area contributed by atoms with Crippen LogP contribution in [-0.4, -0.2) is 11.6 Å². The first kappa shape index (κ1) is 10.7. The van der Waals surface area contributed by atoms with Gasteiger partial charge in [0.15, 0.2) is 0 Å². The summed E-state index contributed by atoms with van der Waals surface area (Å²) in [7, 11) is 0. The predicted molar refractivity (Wildman–Crippen MR) is 57.5 cm³/mol. The van der Waals surface area contributed by atoms with Gasteiger partial charge in [0.05, 0.1) is 5.71 Å². The Kier molecular flexibility index (Phi) is 3.65. The molecule has 74 valence electrons. The third-order valence-electron chi connectivity index (χ3n) is 1.64. The third kappa shape index (κ3) is 3.18. The maximum Gasteiger partial charge on any atom is 0.236 e. The molecule has 0 aliphatic carbocycles. The van der Waals surface area contributed by atoms with Crippen LogP contribution in [0.5, 0.6) is 0 Å². The van der Waals surface area contributed by atoms with Crippen molar-refractivity contribution in [2.24, 2.45) is 5.10 Å². The minimum atomic E-state index is -0.182. The van der Waals surface area contributed by atoms with Gasteiger partial charge in [0.2, 0.25) is 5.91 Å². The number of hydrazone groups is 1. The number of nitrogens with zero attached hydrogens (tertiary/aromatic N) is 1. The number of carbonyl (C=O) groups excluding carboxylic acids is 1. The van der Waals surface area contributed by atoms with E-state index in [0.717, 1.165) is 11.3 Å². The van der Waals surface area contributed by atoms with E-state index in [-0.39, 0.29) is 5.91 Å². The van der Waals surface area contributed by atoms with Crippen LogP contribution in [0.15, 0.2) is 29.4 Å². The summed E-state index contributed by atoms with van der Waals surface area (Å²) < 4.78 is 0. The minimum Gasteiger partial charge on any atom is -0.274 e. The molecule has 1 rings (SSSR count). The molecule has 0 heterocycles. The molecule has 1 aromatic carbocycles. The van der Waals surface area contributed by atoms with Gasteiger partial charge in [-0.05, 0) is 24.6 Å². The number of nitrogens with one attached hydrogen (secondary N) is 1. The molecule has 0 spiro atoms. The summed E-state index contributed by atoms with van der Waals surface area (Å²) in [5.41, 5.74) is 4.05. The van der Waals surface area contributed by atoms with Crippen molar-refractivity contribution in [3.63, 3.8) is 0 Å². The lowest BCUT2D eigenvalue weighted by Crippen LogP contribution is -2.14. The Hall–Kier alpha value is -1.35. The number of benzene rings is 1. The number of rotatable bonds is 2. The van der Waals surface area contributed by atoms with Gasteiger partial charge in [-0.15, -0.1) is 0 Å². The molecule has 0 unspecified atom stereocenters. The minimum absolute atomic E-state index is 0.182. The van der Waals surface area contributed by atoms with Crippen molar-refractivity contribution in [1.29, 1.82) is 0 Å². The van der Waals surface area contributed by atoms with Gasteiger partial charge in [-0.25, -0.2) is 5.43 Å². The number of halogens is 1. The van der Waals surface area contributed by atoms with Crippen LogP contribution in [0.4, 0.5) is 0 Å². The fourth-order valence-electron chi connectivity index (χ4n) is 0.918. The molecule has 0 fully saturated rings. The molecule has 3 nitrogen and oxygen atoms in total. The van der Waals surface area contributed by atoms with Crippen LogP contribution in [0, 0.1) is 0 Å². The Morgan fingerprint density at radius 3 is 2.36 bits per heavy atom. The van der Waals surface area contributed by atoms with Crippen molar-refractivity contribution >= 4 is 23.2 Å². The number of carbonyl (C=O) groups is 1. The fourth-order valence-corrected chi connectivity index (χ4v) is 1.04. The molecule has 1 amide bonds. The van der Waals surface area contributed by atoms with E-state index in [0.29, 0.717) is 5.02 Å². The first-order chi connectivity index (χ1) is 6.59. The first-order valence-electron chi connectivity index (χ1n) is 4.16. The van der Waals surface area contributed by atoms with Gasteiger partial charge >= 0.3 is 0 Å². The molecule has 4 heteroatoms. The highest BCUT2D eigenvalue weighted by atomic mass is 35.5. The standard InChI is InChI=1S/C10H11ClN2O/c1-7(12-13-8(2)14)9-3-5-10(11)6-4-9/h3-6H,1-2H3,(H,13,14). The largest absolute Gasteiger partial charge is 0.274 e. The maximum atomic E-state index is 10.6. The smallest absolute Gasteiger partial charge is 0.236 e. The Morgan fingerprint density at radius 1 is 1.29 bits per heavy atom. The molecule has 0 aromatic heterocycles. The Labute approximate surface area is 87.8 Å². The molecule has 0 aliphatic rings. The van der Waals surface area contributed by atoms with Crippen LogP contribution < -0.4 is 5.43 Å². The number of hydrogen-bond acceptors (Lipinski definition) is 2. The summed E-state index contributed by atoms with van der Waals surface area (Å²) in [6.07, 6.45) is 0. The van der Waals surface area contributed by atoms with Crippen molar-refractivity contribution in [2.45, 2.75) is 13.8 Å². The van der Waals surface area contributed by atoms with E-state index in [4.69, 9.17) is 11.6 Å². The topological polar surface area (TPSA) is 41.5 Å². The quantitative estimate of drug-likeness (QED) is 0.590. The van der Waals surface area contributed by atoms with Crippen LogP contribution >= 0.6 is 11.6 Å². The normalized spacial score (nSPS) is 11.2. The highest BCUT2D eigenvalue weighted by molar-refractivity contribution is 6.30. The molecule has 1 N–H and O–H groups in total. The van der Waals surface area contributed by atoms with E-state index in [1.807, 2.05) is 19.1 Å². The van der Waals surface area contributed by atoms with Gasteiger partial charge < -0.3 is 0 Å². The van der Waals surface area contributed by atoms with Crippen LogP contribution in [-0.2, 0) is 4.79 Å². The van der Waals surface area contributed by atoms with Gasteiger partial charge in [-0.1, -0.05) is 23.7 Å². The second-order valence-electron chi connectivity index (χ2n) is 2.87. The summed E-state index contributed by atoms with van der Waals surface area (Å²) in [5.74, 6) is -0.182. The zero-order chi connectivity index (χ0) is 10.6. The molecule has 0 bridgehead atoms. The highest BCUT2D eigenvalue weighted by Crippen LogP contribution is 2.09. The zero-order valence-electron chi connectivity index (χ0n) is 8.04. The third-order valence-corrected chi connectivity index (χ3v) is 1.90. The lowest BCUT2D eigenvalue weighted by Gasteiger charge is -2.00. The zero-order valence-corrected chi connectivity index (χ0v) is 8.80. The molecule has 1 aromatic rings. The van der Waals surface area contributed by atoms with E-state index in [2.05, 4.69) is 10.5 Å². The number of amides is 1. The molecule has 0 radical (unpaired) electrons. The Bertz CT molecular complexity index is 357. The van der Waals surface area contributed by atoms with Gasteiger partial charge in [0.25, 0.3) is 0 Å². The maximum absolute atomic E-state index is 10.6. The van der Waals surface area contributed by atoms with E-state index < -0.39 is 0 Å². The molecular formula is C10H11ClN2O. The van der Waals surface area contributed by atoms with E-state index >= 15 is 0 Å². The van der Waals surface area contributed by atoms with Crippen molar-refractivity contribution < 1.29 is 4.79 Å². The summed E-state index contributed by atoms with van der Waals surface area (Å²) in [6, 6.07) is 7.26. The van der Waals surface area contributed by atoms with Gasteiger partial charge in [0, 0.05) is 11.9 Å². The van der Waals surface area contributed by atoms with Crippen LogP contribution in [0.25, 0.3) is 0 Å². The molecule has 0 saturated heterocycles. The van der Waals surface area contributed by atoms with Crippen LogP contribution in [0.1, 0.15) is 19.4 Å². The average Bonchev–Trinajstić information content (AvgIpc) is 2.15. The lowest BCUT2D eigenvalue weighted by atomic mass is 10.1. The fraction of sp³-hybridized carbons (Fsp3) is 0.200.